The van der Waals surface area contributed by atoms with Crippen molar-refractivity contribution < 1.29 is 23.9 Å². The summed E-state index contributed by atoms with van der Waals surface area (Å²) < 4.78 is 5.12. The van der Waals surface area contributed by atoms with Crippen LogP contribution in [0.1, 0.15) is 11.3 Å². The second-order valence-corrected chi connectivity index (χ2v) is 5.41. The maximum atomic E-state index is 12.5. The van der Waals surface area contributed by atoms with Gasteiger partial charge in [0.1, 0.15) is 17.1 Å². The molecule has 1 fully saturated rings. The number of furan rings is 1. The molecule has 1 aromatic carbocycles. The van der Waals surface area contributed by atoms with Crippen molar-refractivity contribution in [2.24, 2.45) is 0 Å². The van der Waals surface area contributed by atoms with E-state index < -0.39 is 17.8 Å². The molecule has 2 heterocycles. The molecular formula is C16H11ClN2O5. The van der Waals surface area contributed by atoms with Crippen molar-refractivity contribution in [2.75, 3.05) is 0 Å². The van der Waals surface area contributed by atoms with E-state index in [0.717, 1.165) is 4.90 Å². The summed E-state index contributed by atoms with van der Waals surface area (Å²) in [6, 6.07) is 6.65. The number of hydrogen-bond donors (Lipinski definition) is 2. The highest BCUT2D eigenvalue weighted by molar-refractivity contribution is 6.32. The number of barbiturate groups is 1. The van der Waals surface area contributed by atoms with Crippen molar-refractivity contribution in [3.8, 4) is 5.75 Å². The molecule has 3 rings (SSSR count). The second kappa shape index (κ2) is 6.21. The Morgan fingerprint density at radius 3 is 2.71 bits per heavy atom. The summed E-state index contributed by atoms with van der Waals surface area (Å²) in [5.41, 5.74) is 0.214. The van der Waals surface area contributed by atoms with Crippen LogP contribution in [0.5, 0.6) is 5.75 Å². The number of benzene rings is 1. The Hall–Kier alpha value is -3.06. The van der Waals surface area contributed by atoms with Crippen molar-refractivity contribution >= 4 is 35.5 Å². The van der Waals surface area contributed by atoms with E-state index in [1.807, 2.05) is 0 Å². The highest BCUT2D eigenvalue weighted by atomic mass is 35.5. The van der Waals surface area contributed by atoms with Crippen LogP contribution in [-0.4, -0.2) is 27.9 Å². The van der Waals surface area contributed by atoms with Gasteiger partial charge in [0.25, 0.3) is 11.8 Å². The zero-order valence-electron chi connectivity index (χ0n) is 12.2. The summed E-state index contributed by atoms with van der Waals surface area (Å²) in [6.45, 7) is -0.0986. The molecule has 0 atom stereocenters. The minimum Gasteiger partial charge on any atom is -0.506 e. The van der Waals surface area contributed by atoms with Crippen LogP contribution >= 0.6 is 11.6 Å². The van der Waals surface area contributed by atoms with E-state index >= 15 is 0 Å². The van der Waals surface area contributed by atoms with Crippen LogP contribution in [0.2, 0.25) is 5.02 Å². The standard InChI is InChI=1S/C16H11ClN2O5/c17-12-7-9(3-4-13(12)20)6-11-14(21)18-16(23)19(15(11)22)8-10-2-1-5-24-10/h1-7,20H,8H2,(H,18,21,23). The van der Waals surface area contributed by atoms with E-state index in [4.69, 9.17) is 16.0 Å². The highest BCUT2D eigenvalue weighted by Crippen LogP contribution is 2.25. The van der Waals surface area contributed by atoms with E-state index in [1.165, 1.54) is 30.5 Å². The summed E-state index contributed by atoms with van der Waals surface area (Å²) in [6.07, 6.45) is 2.71. The molecule has 0 aliphatic carbocycles. The Bertz CT molecular complexity index is 857. The van der Waals surface area contributed by atoms with Gasteiger partial charge in [-0.2, -0.15) is 0 Å². The van der Waals surface area contributed by atoms with Crippen molar-refractivity contribution in [3.05, 3.63) is 58.5 Å². The minimum atomic E-state index is -0.817. The first-order chi connectivity index (χ1) is 11.5. The van der Waals surface area contributed by atoms with Gasteiger partial charge in [-0.25, -0.2) is 4.79 Å². The highest BCUT2D eigenvalue weighted by Gasteiger charge is 2.36. The van der Waals surface area contributed by atoms with Crippen LogP contribution in [0.3, 0.4) is 0 Å². The van der Waals surface area contributed by atoms with Gasteiger partial charge in [0.2, 0.25) is 0 Å². The molecule has 8 heteroatoms. The molecule has 2 aromatic rings. The third kappa shape index (κ3) is 3.02. The number of nitrogens with zero attached hydrogens (tertiary/aromatic N) is 1. The zero-order valence-corrected chi connectivity index (χ0v) is 12.9. The molecule has 1 aliphatic rings. The van der Waals surface area contributed by atoms with E-state index in [0.29, 0.717) is 11.3 Å². The van der Waals surface area contributed by atoms with Crippen molar-refractivity contribution in [1.82, 2.24) is 10.2 Å². The fourth-order valence-electron chi connectivity index (χ4n) is 2.18. The molecule has 4 amide bonds. The summed E-state index contributed by atoms with van der Waals surface area (Å²) >= 11 is 5.81. The van der Waals surface area contributed by atoms with Gasteiger partial charge in [0.05, 0.1) is 17.8 Å². The Labute approximate surface area is 141 Å². The van der Waals surface area contributed by atoms with E-state index in [1.54, 1.807) is 12.1 Å². The Balaban J connectivity index is 1.92. The lowest BCUT2D eigenvalue weighted by atomic mass is 10.1. The Morgan fingerprint density at radius 1 is 1.25 bits per heavy atom. The van der Waals surface area contributed by atoms with Gasteiger partial charge in [0.15, 0.2) is 0 Å². The van der Waals surface area contributed by atoms with Crippen LogP contribution < -0.4 is 5.32 Å². The maximum Gasteiger partial charge on any atom is 0.331 e. The van der Waals surface area contributed by atoms with Gasteiger partial charge in [0, 0.05) is 0 Å². The minimum absolute atomic E-state index is 0.0801. The number of imide groups is 2. The van der Waals surface area contributed by atoms with Gasteiger partial charge in [-0.3, -0.25) is 19.8 Å². The zero-order chi connectivity index (χ0) is 17.3. The number of carbonyl (C=O) groups is 3. The molecule has 2 N–H and O–H groups in total. The number of rotatable bonds is 3. The quantitative estimate of drug-likeness (QED) is 0.656. The normalized spacial score (nSPS) is 16.6. The average molecular weight is 347 g/mol. The maximum absolute atomic E-state index is 12.5. The molecule has 24 heavy (non-hydrogen) atoms. The molecule has 0 radical (unpaired) electrons. The number of aromatic hydroxyl groups is 1. The van der Waals surface area contributed by atoms with E-state index in [-0.39, 0.29) is 22.9 Å². The van der Waals surface area contributed by atoms with E-state index in [2.05, 4.69) is 5.32 Å². The fraction of sp³-hybridized carbons (Fsp3) is 0.0625. The van der Waals surface area contributed by atoms with Crippen LogP contribution in [-0.2, 0) is 16.1 Å². The molecular weight excluding hydrogens is 336 g/mol. The van der Waals surface area contributed by atoms with Crippen molar-refractivity contribution in [3.63, 3.8) is 0 Å². The summed E-state index contributed by atoms with van der Waals surface area (Å²) in [5.74, 6) is -1.26. The summed E-state index contributed by atoms with van der Waals surface area (Å²) in [4.78, 5) is 37.2. The molecule has 0 bridgehead atoms. The third-order valence-electron chi connectivity index (χ3n) is 3.36. The number of phenols is 1. The lowest BCUT2D eigenvalue weighted by molar-refractivity contribution is -0.130. The lowest BCUT2D eigenvalue weighted by Gasteiger charge is -2.25. The molecule has 1 aliphatic heterocycles. The number of hydrogen-bond acceptors (Lipinski definition) is 5. The van der Waals surface area contributed by atoms with Crippen molar-refractivity contribution in [1.29, 1.82) is 0 Å². The van der Waals surface area contributed by atoms with E-state index in [9.17, 15) is 19.5 Å². The molecule has 0 unspecified atom stereocenters. The Morgan fingerprint density at radius 2 is 2.04 bits per heavy atom. The third-order valence-corrected chi connectivity index (χ3v) is 3.67. The van der Waals surface area contributed by atoms with Gasteiger partial charge in [-0.05, 0) is 35.9 Å². The topological polar surface area (TPSA) is 99.9 Å². The number of amides is 4. The summed E-state index contributed by atoms with van der Waals surface area (Å²) in [5, 5.41) is 11.6. The van der Waals surface area contributed by atoms with Gasteiger partial charge < -0.3 is 9.52 Å². The Kier molecular flexibility index (Phi) is 4.09. The van der Waals surface area contributed by atoms with Crippen molar-refractivity contribution in [2.45, 2.75) is 6.54 Å². The van der Waals surface area contributed by atoms with Crippen LogP contribution in [0.4, 0.5) is 4.79 Å². The molecule has 1 saturated heterocycles. The van der Waals surface area contributed by atoms with Gasteiger partial charge in [-0.1, -0.05) is 17.7 Å². The van der Waals surface area contributed by atoms with Crippen LogP contribution in [0.25, 0.3) is 6.08 Å². The smallest absolute Gasteiger partial charge is 0.331 e. The molecule has 122 valence electrons. The molecule has 0 spiro atoms. The number of urea groups is 1. The molecule has 7 nitrogen and oxygen atoms in total. The monoisotopic (exact) mass is 346 g/mol. The predicted molar refractivity (Wildman–Crippen MR) is 83.9 cm³/mol. The van der Waals surface area contributed by atoms with Crippen LogP contribution in [0, 0.1) is 0 Å². The fourth-order valence-corrected chi connectivity index (χ4v) is 2.36. The van der Waals surface area contributed by atoms with Gasteiger partial charge in [-0.15, -0.1) is 0 Å². The number of halogens is 1. The first-order valence-electron chi connectivity index (χ1n) is 6.85. The number of nitrogens with one attached hydrogen (secondary N) is 1. The van der Waals surface area contributed by atoms with Crippen LogP contribution in [0.15, 0.2) is 46.6 Å². The average Bonchev–Trinajstić information content (AvgIpc) is 3.04. The predicted octanol–water partition coefficient (Wildman–Crippen LogP) is 2.30. The first kappa shape index (κ1) is 15.8. The SMILES string of the molecule is O=C1NC(=O)N(Cc2ccco2)C(=O)C1=Cc1ccc(O)c(Cl)c1. The molecule has 0 saturated carbocycles. The first-order valence-corrected chi connectivity index (χ1v) is 7.23. The molecule has 1 aromatic heterocycles. The largest absolute Gasteiger partial charge is 0.506 e. The lowest BCUT2D eigenvalue weighted by Crippen LogP contribution is -2.53. The summed E-state index contributed by atoms with van der Waals surface area (Å²) in [7, 11) is 0. The number of phenolic OH excluding ortho intramolecular Hbond substituents is 1. The van der Waals surface area contributed by atoms with Gasteiger partial charge >= 0.3 is 6.03 Å². The number of carbonyl (C=O) groups excluding carboxylic acids is 3. The second-order valence-electron chi connectivity index (χ2n) is 5.00.